The maximum Gasteiger partial charge on any atom is 0.451 e. The predicted octanol–water partition coefficient (Wildman–Crippen LogP) is 1.49. The molecule has 0 aromatic carbocycles. The Labute approximate surface area is 119 Å². The van der Waals surface area contributed by atoms with Crippen LogP contribution in [0.4, 0.5) is 24.8 Å². The van der Waals surface area contributed by atoms with E-state index in [1.54, 1.807) is 0 Å². The second kappa shape index (κ2) is 6.02. The topological polar surface area (TPSA) is 79.3 Å². The van der Waals surface area contributed by atoms with Gasteiger partial charge in [-0.05, 0) is 0 Å². The minimum absolute atomic E-state index is 0.0154. The molecule has 118 valence electrons. The van der Waals surface area contributed by atoms with Crippen molar-refractivity contribution < 1.29 is 23.0 Å². The van der Waals surface area contributed by atoms with Crippen LogP contribution in [0.15, 0.2) is 6.07 Å². The Hall–Kier alpha value is -1.61. The largest absolute Gasteiger partial charge is 0.451 e. The van der Waals surface area contributed by atoms with Crippen LogP contribution in [0.2, 0.25) is 0 Å². The smallest absolute Gasteiger partial charge is 0.388 e. The molecule has 1 aliphatic heterocycles. The summed E-state index contributed by atoms with van der Waals surface area (Å²) in [5.74, 6) is -1.16. The Bertz CT molecular complexity index is 490. The van der Waals surface area contributed by atoms with Crippen LogP contribution in [0.25, 0.3) is 0 Å². The van der Waals surface area contributed by atoms with Gasteiger partial charge in [0.25, 0.3) is 0 Å². The monoisotopic (exact) mass is 306 g/mol. The molecular formula is C12H17F3N4O2. The van der Waals surface area contributed by atoms with Crippen LogP contribution in [-0.4, -0.2) is 47.5 Å². The van der Waals surface area contributed by atoms with Gasteiger partial charge in [-0.25, -0.2) is 9.97 Å². The number of anilines is 2. The second-order valence-electron chi connectivity index (χ2n) is 4.90. The summed E-state index contributed by atoms with van der Waals surface area (Å²) in [6, 6.07) is 1.36. The van der Waals surface area contributed by atoms with Gasteiger partial charge in [0.2, 0.25) is 5.82 Å². The molecule has 21 heavy (non-hydrogen) atoms. The normalized spacial score (nSPS) is 18.3. The summed E-state index contributed by atoms with van der Waals surface area (Å²) in [4.78, 5) is 6.80. The summed E-state index contributed by atoms with van der Waals surface area (Å²) in [5.41, 5.74) is -0.999. The number of aliphatic hydroxyl groups is 1. The quantitative estimate of drug-likeness (QED) is 0.782. The first-order valence-corrected chi connectivity index (χ1v) is 6.50. The van der Waals surface area contributed by atoms with Gasteiger partial charge in [-0.3, -0.25) is 0 Å². The molecule has 1 saturated heterocycles. The number of hydrogen-bond donors (Lipinski definition) is 3. The third kappa shape index (κ3) is 4.18. The zero-order valence-corrected chi connectivity index (χ0v) is 11.5. The highest BCUT2D eigenvalue weighted by Gasteiger charge is 2.36. The Kier molecular flexibility index (Phi) is 4.52. The summed E-state index contributed by atoms with van der Waals surface area (Å²) < 4.78 is 43.3. The highest BCUT2D eigenvalue weighted by atomic mass is 19.4. The lowest BCUT2D eigenvalue weighted by molar-refractivity contribution is -0.144. The van der Waals surface area contributed by atoms with Crippen LogP contribution in [0.5, 0.6) is 0 Å². The van der Waals surface area contributed by atoms with Gasteiger partial charge in [-0.2, -0.15) is 13.2 Å². The molecule has 1 aromatic heterocycles. The van der Waals surface area contributed by atoms with Crippen molar-refractivity contribution in [3.8, 4) is 0 Å². The number of ether oxygens (including phenoxy) is 1. The molecule has 0 saturated carbocycles. The lowest BCUT2D eigenvalue weighted by Crippen LogP contribution is -2.42. The van der Waals surface area contributed by atoms with Gasteiger partial charge >= 0.3 is 6.18 Å². The first kappa shape index (κ1) is 15.8. The molecule has 0 unspecified atom stereocenters. The summed E-state index contributed by atoms with van der Waals surface area (Å²) in [6.45, 7) is 0.961. The van der Waals surface area contributed by atoms with Crippen LogP contribution < -0.4 is 10.6 Å². The Morgan fingerprint density at radius 3 is 2.48 bits per heavy atom. The van der Waals surface area contributed by atoms with Crippen molar-refractivity contribution in [3.05, 3.63) is 11.9 Å². The fraction of sp³-hybridized carbons (Fsp3) is 0.667. The van der Waals surface area contributed by atoms with Gasteiger partial charge < -0.3 is 20.5 Å². The minimum atomic E-state index is -4.63. The third-order valence-electron chi connectivity index (χ3n) is 3.26. The molecule has 0 bridgehead atoms. The summed E-state index contributed by atoms with van der Waals surface area (Å²) in [7, 11) is 1.47. The van der Waals surface area contributed by atoms with E-state index >= 15 is 0 Å². The Morgan fingerprint density at radius 1 is 1.29 bits per heavy atom. The van der Waals surface area contributed by atoms with Gasteiger partial charge in [-0.15, -0.1) is 0 Å². The van der Waals surface area contributed by atoms with Crippen LogP contribution in [0.3, 0.4) is 0 Å². The van der Waals surface area contributed by atoms with Crippen molar-refractivity contribution in [3.63, 3.8) is 0 Å². The molecule has 0 amide bonds. The summed E-state index contributed by atoms with van der Waals surface area (Å²) >= 11 is 0. The molecule has 1 aromatic rings. The maximum atomic E-state index is 12.7. The molecule has 0 aliphatic carbocycles. The molecule has 2 rings (SSSR count). The van der Waals surface area contributed by atoms with E-state index in [9.17, 15) is 18.3 Å². The standard InChI is InChI=1S/C12H17F3N4O2/c1-16-8-6-9(19-10(18-8)12(13,14)15)17-7-11(20)2-4-21-5-3-11/h6,20H,2-5,7H2,1H3,(H2,16,17,18,19). The van der Waals surface area contributed by atoms with Gasteiger partial charge in [0.1, 0.15) is 11.6 Å². The highest BCUT2D eigenvalue weighted by molar-refractivity contribution is 5.47. The number of halogens is 3. The predicted molar refractivity (Wildman–Crippen MR) is 70.1 cm³/mol. The molecule has 2 heterocycles. The Morgan fingerprint density at radius 2 is 1.90 bits per heavy atom. The van der Waals surface area contributed by atoms with E-state index in [4.69, 9.17) is 4.74 Å². The zero-order chi connectivity index (χ0) is 15.5. The average molecular weight is 306 g/mol. The first-order valence-electron chi connectivity index (χ1n) is 6.50. The molecule has 1 aliphatic rings. The fourth-order valence-corrected chi connectivity index (χ4v) is 1.98. The van der Waals surface area contributed by atoms with E-state index in [-0.39, 0.29) is 18.2 Å². The molecule has 0 radical (unpaired) electrons. The number of nitrogens with zero attached hydrogens (tertiary/aromatic N) is 2. The van der Waals surface area contributed by atoms with Crippen LogP contribution in [0, 0.1) is 0 Å². The SMILES string of the molecule is CNc1cc(NCC2(O)CCOCC2)nc(C(F)(F)F)n1. The van der Waals surface area contributed by atoms with Crippen molar-refractivity contribution in [2.24, 2.45) is 0 Å². The van der Waals surface area contributed by atoms with Crippen molar-refractivity contribution in [2.75, 3.05) is 37.4 Å². The van der Waals surface area contributed by atoms with E-state index < -0.39 is 17.6 Å². The van der Waals surface area contributed by atoms with Crippen molar-refractivity contribution in [1.82, 2.24) is 9.97 Å². The molecular weight excluding hydrogens is 289 g/mol. The molecule has 9 heteroatoms. The molecule has 0 spiro atoms. The average Bonchev–Trinajstić information content (AvgIpc) is 2.45. The van der Waals surface area contributed by atoms with E-state index in [1.165, 1.54) is 13.1 Å². The van der Waals surface area contributed by atoms with Crippen LogP contribution >= 0.6 is 0 Å². The minimum Gasteiger partial charge on any atom is -0.388 e. The van der Waals surface area contributed by atoms with Crippen molar-refractivity contribution in [2.45, 2.75) is 24.6 Å². The van der Waals surface area contributed by atoms with Gasteiger partial charge in [0, 0.05) is 45.7 Å². The van der Waals surface area contributed by atoms with Crippen LogP contribution in [-0.2, 0) is 10.9 Å². The highest BCUT2D eigenvalue weighted by Crippen LogP contribution is 2.28. The van der Waals surface area contributed by atoms with Gasteiger partial charge in [0.15, 0.2) is 0 Å². The number of alkyl halides is 3. The third-order valence-corrected chi connectivity index (χ3v) is 3.26. The maximum absolute atomic E-state index is 12.7. The van der Waals surface area contributed by atoms with Crippen molar-refractivity contribution in [1.29, 1.82) is 0 Å². The van der Waals surface area contributed by atoms with E-state index in [0.29, 0.717) is 26.1 Å². The molecule has 3 N–H and O–H groups in total. The number of hydrogen-bond acceptors (Lipinski definition) is 6. The first-order chi connectivity index (χ1) is 9.82. The molecule has 6 nitrogen and oxygen atoms in total. The van der Waals surface area contributed by atoms with Gasteiger partial charge in [0.05, 0.1) is 5.60 Å². The van der Waals surface area contributed by atoms with E-state index in [1.807, 2.05) is 0 Å². The van der Waals surface area contributed by atoms with Gasteiger partial charge in [-0.1, -0.05) is 0 Å². The zero-order valence-electron chi connectivity index (χ0n) is 11.5. The fourth-order valence-electron chi connectivity index (χ4n) is 1.98. The second-order valence-corrected chi connectivity index (χ2v) is 4.90. The van der Waals surface area contributed by atoms with Crippen LogP contribution in [0.1, 0.15) is 18.7 Å². The summed E-state index contributed by atoms with van der Waals surface area (Å²) in [6.07, 6.45) is -3.77. The van der Waals surface area contributed by atoms with E-state index in [0.717, 1.165) is 0 Å². The summed E-state index contributed by atoms with van der Waals surface area (Å²) in [5, 5.41) is 15.6. The lowest BCUT2D eigenvalue weighted by atomic mass is 9.94. The molecule has 0 atom stereocenters. The lowest BCUT2D eigenvalue weighted by Gasteiger charge is -2.32. The van der Waals surface area contributed by atoms with Crippen molar-refractivity contribution >= 4 is 11.6 Å². The Balaban J connectivity index is 2.12. The number of rotatable bonds is 4. The number of aromatic nitrogens is 2. The van der Waals surface area contributed by atoms with E-state index in [2.05, 4.69) is 20.6 Å². The molecule has 1 fully saturated rings. The number of nitrogens with one attached hydrogen (secondary N) is 2.